The Labute approximate surface area is 180 Å². The molecule has 1 fully saturated rings. The number of benzene rings is 1. The van der Waals surface area contributed by atoms with E-state index < -0.39 is 28.0 Å². The lowest BCUT2D eigenvalue weighted by Gasteiger charge is -2.30. The van der Waals surface area contributed by atoms with Crippen LogP contribution in [0.4, 0.5) is 10.5 Å². The maximum atomic E-state index is 12.6. The van der Waals surface area contributed by atoms with Gasteiger partial charge in [-0.25, -0.2) is 13.2 Å². The molecule has 0 aliphatic carbocycles. The van der Waals surface area contributed by atoms with E-state index >= 15 is 0 Å². The SMILES string of the molecule is CCOC(=O)N1CCCC(C(=O)Oc2ccc(N(C)S(=O)(=O)c3cccs3)cc2)C1. The lowest BCUT2D eigenvalue weighted by atomic mass is 9.98. The highest BCUT2D eigenvalue weighted by Crippen LogP contribution is 2.27. The number of amides is 1. The molecule has 1 unspecified atom stereocenters. The maximum Gasteiger partial charge on any atom is 0.409 e. The molecule has 8 nitrogen and oxygen atoms in total. The van der Waals surface area contributed by atoms with Crippen molar-refractivity contribution in [3.63, 3.8) is 0 Å². The van der Waals surface area contributed by atoms with Crippen molar-refractivity contribution >= 4 is 39.1 Å². The maximum absolute atomic E-state index is 12.6. The van der Waals surface area contributed by atoms with E-state index in [0.717, 1.165) is 11.3 Å². The summed E-state index contributed by atoms with van der Waals surface area (Å²) < 4.78 is 37.1. The Morgan fingerprint density at radius 1 is 1.23 bits per heavy atom. The van der Waals surface area contributed by atoms with Crippen LogP contribution in [0, 0.1) is 5.92 Å². The molecule has 10 heteroatoms. The first kappa shape index (κ1) is 22.1. The summed E-state index contributed by atoms with van der Waals surface area (Å²) in [5, 5.41) is 1.71. The zero-order valence-corrected chi connectivity index (χ0v) is 18.4. The van der Waals surface area contributed by atoms with Crippen molar-refractivity contribution in [2.75, 3.05) is 31.0 Å². The third kappa shape index (κ3) is 4.93. The molecule has 1 atom stereocenters. The Morgan fingerprint density at radius 3 is 2.60 bits per heavy atom. The van der Waals surface area contributed by atoms with Gasteiger partial charge in [-0.1, -0.05) is 6.07 Å². The molecule has 30 heavy (non-hydrogen) atoms. The predicted octanol–water partition coefficient (Wildman–Crippen LogP) is 3.35. The number of likely N-dealkylation sites (tertiary alicyclic amines) is 1. The zero-order chi connectivity index (χ0) is 21.7. The molecule has 1 aromatic carbocycles. The fraction of sp³-hybridized carbons (Fsp3) is 0.400. The zero-order valence-electron chi connectivity index (χ0n) is 16.8. The molecule has 1 aromatic heterocycles. The summed E-state index contributed by atoms with van der Waals surface area (Å²) in [6, 6.07) is 9.51. The van der Waals surface area contributed by atoms with Crippen molar-refractivity contribution in [1.29, 1.82) is 0 Å². The van der Waals surface area contributed by atoms with E-state index in [-0.39, 0.29) is 17.4 Å². The van der Waals surface area contributed by atoms with Crippen LogP contribution < -0.4 is 9.04 Å². The third-order valence-corrected chi connectivity index (χ3v) is 7.97. The fourth-order valence-corrected chi connectivity index (χ4v) is 5.51. The van der Waals surface area contributed by atoms with Gasteiger partial charge in [0.15, 0.2) is 0 Å². The number of sulfonamides is 1. The lowest BCUT2D eigenvalue weighted by molar-refractivity contribution is -0.140. The van der Waals surface area contributed by atoms with Gasteiger partial charge in [0, 0.05) is 20.1 Å². The Balaban J connectivity index is 1.63. The number of thiophene rings is 1. The highest BCUT2D eigenvalue weighted by atomic mass is 32.2. The number of nitrogens with zero attached hydrogens (tertiary/aromatic N) is 2. The molecule has 0 radical (unpaired) electrons. The van der Waals surface area contributed by atoms with Gasteiger partial charge in [0.05, 0.1) is 18.2 Å². The standard InChI is InChI=1S/C20H24N2O6S2/c1-3-27-20(24)22-12-4-6-15(14-22)19(23)28-17-10-8-16(9-11-17)21(2)30(25,26)18-7-5-13-29-18/h5,7-11,13,15H,3-4,6,12,14H2,1-2H3. The minimum Gasteiger partial charge on any atom is -0.450 e. The second-order valence-electron chi connectivity index (χ2n) is 6.80. The van der Waals surface area contributed by atoms with E-state index in [0.29, 0.717) is 30.8 Å². The van der Waals surface area contributed by atoms with Crippen molar-refractivity contribution < 1.29 is 27.5 Å². The number of hydrogen-bond acceptors (Lipinski definition) is 7. The molecule has 162 valence electrons. The van der Waals surface area contributed by atoms with E-state index in [2.05, 4.69) is 0 Å². The summed E-state index contributed by atoms with van der Waals surface area (Å²) >= 11 is 1.15. The minimum atomic E-state index is -3.63. The smallest absolute Gasteiger partial charge is 0.409 e. The molecule has 2 heterocycles. The molecule has 3 rings (SSSR count). The molecule has 0 saturated carbocycles. The van der Waals surface area contributed by atoms with Gasteiger partial charge in [0.25, 0.3) is 10.0 Å². The van der Waals surface area contributed by atoms with Gasteiger partial charge in [-0.3, -0.25) is 9.10 Å². The summed E-state index contributed by atoms with van der Waals surface area (Å²) in [6.45, 7) is 2.84. The number of piperidine rings is 1. The van der Waals surface area contributed by atoms with Crippen molar-refractivity contribution in [2.45, 2.75) is 24.0 Å². The van der Waals surface area contributed by atoms with E-state index in [1.165, 1.54) is 16.3 Å². The molecule has 2 aromatic rings. The molecule has 1 amide bonds. The summed E-state index contributed by atoms with van der Waals surface area (Å²) in [5.74, 6) is -0.528. The summed E-state index contributed by atoms with van der Waals surface area (Å²) in [5.41, 5.74) is 0.453. The Bertz CT molecular complexity index is 973. The molecule has 0 N–H and O–H groups in total. The second-order valence-corrected chi connectivity index (χ2v) is 9.95. The van der Waals surface area contributed by atoms with Gasteiger partial charge in [-0.2, -0.15) is 0 Å². The molecule has 1 aliphatic rings. The van der Waals surface area contributed by atoms with E-state index in [1.807, 2.05) is 0 Å². The normalized spacial score (nSPS) is 16.7. The Morgan fingerprint density at radius 2 is 1.97 bits per heavy atom. The molecular weight excluding hydrogens is 428 g/mol. The number of anilines is 1. The van der Waals surface area contributed by atoms with Gasteiger partial charge < -0.3 is 14.4 Å². The number of hydrogen-bond donors (Lipinski definition) is 0. The predicted molar refractivity (Wildman–Crippen MR) is 113 cm³/mol. The molecule has 1 saturated heterocycles. The monoisotopic (exact) mass is 452 g/mol. The van der Waals surface area contributed by atoms with E-state index in [1.54, 1.807) is 48.7 Å². The highest BCUT2D eigenvalue weighted by molar-refractivity contribution is 7.94. The van der Waals surface area contributed by atoms with Crippen LogP contribution in [-0.4, -0.2) is 52.1 Å². The number of esters is 1. The number of ether oxygens (including phenoxy) is 2. The van der Waals surface area contributed by atoms with Crippen LogP contribution in [0.2, 0.25) is 0 Å². The van der Waals surface area contributed by atoms with Crippen LogP contribution in [0.3, 0.4) is 0 Å². The topological polar surface area (TPSA) is 93.2 Å². The Hall–Kier alpha value is -2.59. The number of rotatable bonds is 6. The van der Waals surface area contributed by atoms with Crippen LogP contribution in [-0.2, 0) is 19.6 Å². The van der Waals surface area contributed by atoms with E-state index in [4.69, 9.17) is 9.47 Å². The molecular formula is C20H24N2O6S2. The Kier molecular flexibility index (Phi) is 6.99. The van der Waals surface area contributed by atoms with Crippen molar-refractivity contribution in [1.82, 2.24) is 4.90 Å². The number of carbonyl (C=O) groups is 2. The largest absolute Gasteiger partial charge is 0.450 e. The van der Waals surface area contributed by atoms with Crippen LogP contribution >= 0.6 is 11.3 Å². The van der Waals surface area contributed by atoms with E-state index in [9.17, 15) is 18.0 Å². The second kappa shape index (κ2) is 9.48. The highest BCUT2D eigenvalue weighted by Gasteiger charge is 2.30. The van der Waals surface area contributed by atoms with Crippen molar-refractivity contribution in [3.8, 4) is 5.75 Å². The van der Waals surface area contributed by atoms with Crippen LogP contribution in [0.1, 0.15) is 19.8 Å². The fourth-order valence-electron chi connectivity index (χ4n) is 3.16. The van der Waals surface area contributed by atoms with Crippen molar-refractivity contribution in [2.24, 2.45) is 5.92 Å². The van der Waals surface area contributed by atoms with Gasteiger partial charge in [-0.15, -0.1) is 11.3 Å². The molecule has 0 spiro atoms. The third-order valence-electron chi connectivity index (χ3n) is 4.81. The summed E-state index contributed by atoms with van der Waals surface area (Å²) in [4.78, 5) is 25.9. The molecule has 1 aliphatic heterocycles. The first-order chi connectivity index (χ1) is 14.3. The average molecular weight is 453 g/mol. The quantitative estimate of drug-likeness (QED) is 0.493. The van der Waals surface area contributed by atoms with Gasteiger partial charge in [-0.05, 0) is 55.5 Å². The lowest BCUT2D eigenvalue weighted by Crippen LogP contribution is -2.43. The first-order valence-corrected chi connectivity index (χ1v) is 11.9. The van der Waals surface area contributed by atoms with Crippen LogP contribution in [0.5, 0.6) is 5.75 Å². The first-order valence-electron chi connectivity index (χ1n) is 9.59. The number of carbonyl (C=O) groups excluding carboxylic acids is 2. The minimum absolute atomic E-state index is 0.254. The van der Waals surface area contributed by atoms with Gasteiger partial charge in [0.1, 0.15) is 9.96 Å². The summed E-state index contributed by atoms with van der Waals surface area (Å²) in [6.07, 6.45) is 0.909. The summed E-state index contributed by atoms with van der Waals surface area (Å²) in [7, 11) is -2.15. The van der Waals surface area contributed by atoms with Gasteiger partial charge in [0.2, 0.25) is 0 Å². The van der Waals surface area contributed by atoms with Gasteiger partial charge >= 0.3 is 12.1 Å². The average Bonchev–Trinajstić information content (AvgIpc) is 3.30. The van der Waals surface area contributed by atoms with Crippen molar-refractivity contribution in [3.05, 3.63) is 41.8 Å². The van der Waals surface area contributed by atoms with Crippen LogP contribution in [0.25, 0.3) is 0 Å². The van der Waals surface area contributed by atoms with Crippen LogP contribution in [0.15, 0.2) is 46.0 Å². The molecule has 0 bridgehead atoms.